The van der Waals surface area contributed by atoms with Crippen molar-refractivity contribution in [1.82, 2.24) is 0 Å². The zero-order valence-electron chi connectivity index (χ0n) is 41.8. The Balaban J connectivity index is 3.92. The van der Waals surface area contributed by atoms with E-state index in [2.05, 4.69) is 50.3 Å². The predicted molar refractivity (Wildman–Crippen MR) is 270 cm³/mol. The van der Waals surface area contributed by atoms with Gasteiger partial charge in [0.05, 0.1) is 13.2 Å². The lowest BCUT2D eigenvalue weighted by Crippen LogP contribution is -2.29. The molecule has 0 fully saturated rings. The Bertz CT molecular complexity index is 1140. The molecule has 0 aliphatic rings. The van der Waals surface area contributed by atoms with E-state index in [1.54, 1.807) is 0 Å². The summed E-state index contributed by atoms with van der Waals surface area (Å²) in [7, 11) is -4.38. The summed E-state index contributed by atoms with van der Waals surface area (Å²) >= 11 is 0. The molecule has 0 rings (SSSR count). The Morgan fingerprint density at radius 1 is 0.469 bits per heavy atom. The molecule has 0 heterocycles. The minimum atomic E-state index is -4.38. The number of carbonyl (C=O) groups is 2. The third kappa shape index (κ3) is 49.7. The number of phosphoric ester groups is 1. The SMILES string of the molecule is CCCCCCC/C=C\C/C=C\CCCCCCCCCCCCCCCCCCCC(=O)OC(COC(=O)CCCCCCC/C=C\CCCCCCC)COP(=O)(O)OCCN. The summed E-state index contributed by atoms with van der Waals surface area (Å²) in [6, 6.07) is 0. The second-order valence-electron chi connectivity index (χ2n) is 18.1. The molecule has 0 aliphatic carbocycles. The third-order valence-electron chi connectivity index (χ3n) is 11.7. The molecule has 64 heavy (non-hydrogen) atoms. The molecule has 0 saturated heterocycles. The molecule has 0 spiro atoms. The van der Waals surface area contributed by atoms with Gasteiger partial charge < -0.3 is 20.1 Å². The van der Waals surface area contributed by atoms with Gasteiger partial charge in [-0.2, -0.15) is 0 Å². The van der Waals surface area contributed by atoms with Gasteiger partial charge in [-0.05, 0) is 70.6 Å². The maximum absolute atomic E-state index is 12.7. The van der Waals surface area contributed by atoms with E-state index in [9.17, 15) is 19.0 Å². The highest BCUT2D eigenvalue weighted by molar-refractivity contribution is 7.47. The number of unbranched alkanes of at least 4 members (excludes halogenated alkanes) is 32. The van der Waals surface area contributed by atoms with Gasteiger partial charge in [-0.15, -0.1) is 0 Å². The average Bonchev–Trinajstić information content (AvgIpc) is 3.28. The fourth-order valence-electron chi connectivity index (χ4n) is 7.72. The fourth-order valence-corrected chi connectivity index (χ4v) is 8.49. The van der Waals surface area contributed by atoms with Crippen molar-refractivity contribution in [3.8, 4) is 0 Å². The number of rotatable bonds is 51. The molecule has 0 amide bonds. The molecule has 2 atom stereocenters. The van der Waals surface area contributed by atoms with Gasteiger partial charge in [-0.25, -0.2) is 4.57 Å². The largest absolute Gasteiger partial charge is 0.472 e. The van der Waals surface area contributed by atoms with E-state index < -0.39 is 26.5 Å². The van der Waals surface area contributed by atoms with E-state index in [0.29, 0.717) is 6.42 Å². The molecular weight excluding hydrogens is 822 g/mol. The van der Waals surface area contributed by atoms with E-state index >= 15 is 0 Å². The first-order valence-corrected chi connectivity index (χ1v) is 28.5. The molecule has 10 heteroatoms. The van der Waals surface area contributed by atoms with Crippen molar-refractivity contribution in [3.63, 3.8) is 0 Å². The molecule has 0 aromatic heterocycles. The Morgan fingerprint density at radius 3 is 1.20 bits per heavy atom. The van der Waals surface area contributed by atoms with Crippen molar-refractivity contribution < 1.29 is 37.6 Å². The number of carbonyl (C=O) groups excluding carboxylic acids is 2. The van der Waals surface area contributed by atoms with Crippen LogP contribution in [0.1, 0.15) is 264 Å². The van der Waals surface area contributed by atoms with Crippen molar-refractivity contribution in [2.24, 2.45) is 5.73 Å². The molecule has 0 bridgehead atoms. The maximum Gasteiger partial charge on any atom is 0.472 e. The first-order chi connectivity index (χ1) is 31.3. The van der Waals surface area contributed by atoms with Gasteiger partial charge in [-0.1, -0.05) is 217 Å². The summed E-state index contributed by atoms with van der Waals surface area (Å²) in [5, 5.41) is 0. The number of esters is 2. The highest BCUT2D eigenvalue weighted by Gasteiger charge is 2.26. The zero-order chi connectivity index (χ0) is 46.7. The Labute approximate surface area is 394 Å². The third-order valence-corrected chi connectivity index (χ3v) is 12.7. The molecular formula is C54H102NO8P. The lowest BCUT2D eigenvalue weighted by atomic mass is 10.0. The summed E-state index contributed by atoms with van der Waals surface area (Å²) in [6.45, 7) is 3.74. The number of hydrogen-bond donors (Lipinski definition) is 2. The highest BCUT2D eigenvalue weighted by Crippen LogP contribution is 2.43. The molecule has 0 aromatic carbocycles. The Morgan fingerprint density at radius 2 is 0.812 bits per heavy atom. The van der Waals surface area contributed by atoms with E-state index in [4.69, 9.17) is 24.3 Å². The number of nitrogens with two attached hydrogens (primary N) is 1. The lowest BCUT2D eigenvalue weighted by molar-refractivity contribution is -0.161. The van der Waals surface area contributed by atoms with Crippen LogP contribution in [-0.2, 0) is 32.7 Å². The summed E-state index contributed by atoms with van der Waals surface area (Å²) in [5.74, 6) is -0.828. The minimum Gasteiger partial charge on any atom is -0.462 e. The number of allylic oxidation sites excluding steroid dienone is 6. The first-order valence-electron chi connectivity index (χ1n) is 27.0. The van der Waals surface area contributed by atoms with Crippen LogP contribution in [-0.4, -0.2) is 49.3 Å². The van der Waals surface area contributed by atoms with E-state index in [0.717, 1.165) is 57.8 Å². The molecule has 376 valence electrons. The number of phosphoric acid groups is 1. The van der Waals surface area contributed by atoms with Crippen LogP contribution in [0.15, 0.2) is 36.5 Å². The molecule has 3 N–H and O–H groups in total. The smallest absolute Gasteiger partial charge is 0.462 e. The quantitative estimate of drug-likeness (QED) is 0.0265. The van der Waals surface area contributed by atoms with Crippen LogP contribution in [0, 0.1) is 0 Å². The van der Waals surface area contributed by atoms with Gasteiger partial charge in [0, 0.05) is 19.4 Å². The standard InChI is InChI=1S/C54H102NO8P/c1-3-5-7-9-11-13-15-17-19-20-21-22-23-24-25-26-27-28-29-30-31-32-33-35-37-39-41-43-45-47-54(57)63-52(51-62-64(58,59)61-49-48-55)50-60-53(56)46-44-42-40-38-36-34-18-16-14-12-10-8-6-4-2/h15-18,20-21,52H,3-14,19,22-51,55H2,1-2H3,(H,58,59)/b17-15-,18-16-,21-20-. The molecule has 0 saturated carbocycles. The average molecular weight is 924 g/mol. The maximum atomic E-state index is 12.7. The van der Waals surface area contributed by atoms with Gasteiger partial charge in [-0.3, -0.25) is 18.6 Å². The molecule has 0 aromatic rings. The van der Waals surface area contributed by atoms with Gasteiger partial charge in [0.15, 0.2) is 6.10 Å². The van der Waals surface area contributed by atoms with Gasteiger partial charge in [0.25, 0.3) is 0 Å². The monoisotopic (exact) mass is 924 g/mol. The van der Waals surface area contributed by atoms with Crippen LogP contribution in [0.25, 0.3) is 0 Å². The fraction of sp³-hybridized carbons (Fsp3) is 0.852. The van der Waals surface area contributed by atoms with E-state index in [1.807, 2.05) is 0 Å². The van der Waals surface area contributed by atoms with Crippen molar-refractivity contribution in [1.29, 1.82) is 0 Å². The van der Waals surface area contributed by atoms with Crippen molar-refractivity contribution in [2.75, 3.05) is 26.4 Å². The molecule has 9 nitrogen and oxygen atoms in total. The normalized spacial score (nSPS) is 13.4. The summed E-state index contributed by atoms with van der Waals surface area (Å²) in [4.78, 5) is 35.0. The summed E-state index contributed by atoms with van der Waals surface area (Å²) in [5.41, 5.74) is 5.37. The second-order valence-corrected chi connectivity index (χ2v) is 19.5. The molecule has 0 aliphatic heterocycles. The molecule has 0 radical (unpaired) electrons. The summed E-state index contributed by atoms with van der Waals surface area (Å²) < 4.78 is 32.9. The Hall–Kier alpha value is -1.77. The highest BCUT2D eigenvalue weighted by atomic mass is 31.2. The van der Waals surface area contributed by atoms with E-state index in [-0.39, 0.29) is 38.6 Å². The Kier molecular flexibility index (Phi) is 49.2. The molecule has 2 unspecified atom stereocenters. The van der Waals surface area contributed by atoms with Gasteiger partial charge >= 0.3 is 19.8 Å². The lowest BCUT2D eigenvalue weighted by Gasteiger charge is -2.19. The predicted octanol–water partition coefficient (Wildman–Crippen LogP) is 16.5. The van der Waals surface area contributed by atoms with Crippen LogP contribution < -0.4 is 5.73 Å². The van der Waals surface area contributed by atoms with Crippen LogP contribution >= 0.6 is 7.82 Å². The summed E-state index contributed by atoms with van der Waals surface area (Å²) in [6.07, 6.45) is 59.1. The zero-order valence-corrected chi connectivity index (χ0v) is 42.7. The number of hydrogen-bond acceptors (Lipinski definition) is 8. The van der Waals surface area contributed by atoms with Crippen LogP contribution in [0.3, 0.4) is 0 Å². The van der Waals surface area contributed by atoms with Crippen molar-refractivity contribution in [3.05, 3.63) is 36.5 Å². The first kappa shape index (κ1) is 62.2. The van der Waals surface area contributed by atoms with Crippen LogP contribution in [0.2, 0.25) is 0 Å². The van der Waals surface area contributed by atoms with Crippen molar-refractivity contribution in [2.45, 2.75) is 270 Å². The van der Waals surface area contributed by atoms with Crippen LogP contribution in [0.4, 0.5) is 0 Å². The van der Waals surface area contributed by atoms with Crippen LogP contribution in [0.5, 0.6) is 0 Å². The number of ether oxygens (including phenoxy) is 2. The second kappa shape index (κ2) is 50.6. The topological polar surface area (TPSA) is 134 Å². The van der Waals surface area contributed by atoms with Gasteiger partial charge in [0.1, 0.15) is 6.61 Å². The van der Waals surface area contributed by atoms with E-state index in [1.165, 1.54) is 173 Å². The van der Waals surface area contributed by atoms with Gasteiger partial charge in [0.2, 0.25) is 0 Å². The van der Waals surface area contributed by atoms with Crippen molar-refractivity contribution >= 4 is 19.8 Å². The minimum absolute atomic E-state index is 0.0534.